The first-order chi connectivity index (χ1) is 8.12. The summed E-state index contributed by atoms with van der Waals surface area (Å²) < 4.78 is 15.1. The van der Waals surface area contributed by atoms with Gasteiger partial charge in [0.15, 0.2) is 6.10 Å². The van der Waals surface area contributed by atoms with Crippen molar-refractivity contribution < 1.29 is 19.0 Å². The number of esters is 1. The molecular formula is C13H14O4. The zero-order valence-electron chi connectivity index (χ0n) is 10.0. The first-order valence-electron chi connectivity index (χ1n) is 5.01. The maximum Gasteiger partial charge on any atom is 0.343 e. The molecule has 0 N–H and O–H groups in total. The number of rotatable bonds is 4. The van der Waals surface area contributed by atoms with E-state index in [1.54, 1.807) is 25.1 Å². The van der Waals surface area contributed by atoms with E-state index < -0.39 is 12.1 Å². The summed E-state index contributed by atoms with van der Waals surface area (Å²) in [6, 6.07) is 4.83. The number of terminal acetylenes is 1. The Hall–Kier alpha value is -2.15. The second-order valence-electron chi connectivity index (χ2n) is 3.28. The number of ether oxygens (including phenoxy) is 3. The quantitative estimate of drug-likeness (QED) is 0.589. The van der Waals surface area contributed by atoms with Crippen LogP contribution in [0.5, 0.6) is 11.5 Å². The van der Waals surface area contributed by atoms with Crippen LogP contribution in [0.2, 0.25) is 0 Å². The monoisotopic (exact) mass is 234 g/mol. The SMILES string of the molecule is C#C[C@H](C)OC(=O)c1ccc(OC)cc1OC. The second-order valence-corrected chi connectivity index (χ2v) is 3.28. The highest BCUT2D eigenvalue weighted by molar-refractivity contribution is 5.93. The zero-order valence-corrected chi connectivity index (χ0v) is 10.0. The Kier molecular flexibility index (Phi) is 4.41. The number of hydrogen-bond donors (Lipinski definition) is 0. The van der Waals surface area contributed by atoms with E-state index >= 15 is 0 Å². The fraction of sp³-hybridized carbons (Fsp3) is 0.308. The van der Waals surface area contributed by atoms with Crippen LogP contribution in [-0.4, -0.2) is 26.3 Å². The van der Waals surface area contributed by atoms with Gasteiger partial charge in [-0.15, -0.1) is 6.42 Å². The summed E-state index contributed by atoms with van der Waals surface area (Å²) in [5, 5.41) is 0. The summed E-state index contributed by atoms with van der Waals surface area (Å²) in [5.74, 6) is 2.79. The van der Waals surface area contributed by atoms with Crippen molar-refractivity contribution in [1.29, 1.82) is 0 Å². The molecule has 0 saturated heterocycles. The van der Waals surface area contributed by atoms with Gasteiger partial charge in [0.25, 0.3) is 0 Å². The van der Waals surface area contributed by atoms with Gasteiger partial charge in [0, 0.05) is 6.07 Å². The van der Waals surface area contributed by atoms with Gasteiger partial charge < -0.3 is 14.2 Å². The molecule has 0 spiro atoms. The van der Waals surface area contributed by atoms with Crippen molar-refractivity contribution in [1.82, 2.24) is 0 Å². The van der Waals surface area contributed by atoms with E-state index in [4.69, 9.17) is 20.6 Å². The third-order valence-corrected chi connectivity index (χ3v) is 2.15. The average Bonchev–Trinajstić information content (AvgIpc) is 2.37. The van der Waals surface area contributed by atoms with Gasteiger partial charge in [-0.2, -0.15) is 0 Å². The fourth-order valence-electron chi connectivity index (χ4n) is 1.23. The lowest BCUT2D eigenvalue weighted by Crippen LogP contribution is -2.14. The van der Waals surface area contributed by atoms with Crippen LogP contribution in [-0.2, 0) is 4.74 Å². The molecule has 0 bridgehead atoms. The molecule has 0 aliphatic heterocycles. The van der Waals surface area contributed by atoms with Crippen LogP contribution in [0.4, 0.5) is 0 Å². The smallest absolute Gasteiger partial charge is 0.343 e. The largest absolute Gasteiger partial charge is 0.497 e. The number of carbonyl (C=O) groups excluding carboxylic acids is 1. The normalized spacial score (nSPS) is 11.2. The fourth-order valence-corrected chi connectivity index (χ4v) is 1.23. The highest BCUT2D eigenvalue weighted by Crippen LogP contribution is 2.25. The Labute approximate surface area is 100 Å². The lowest BCUT2D eigenvalue weighted by atomic mass is 10.2. The van der Waals surface area contributed by atoms with Crippen LogP contribution in [0, 0.1) is 12.3 Å². The number of methoxy groups -OCH3 is 2. The van der Waals surface area contributed by atoms with Crippen molar-refractivity contribution in [3.05, 3.63) is 23.8 Å². The summed E-state index contributed by atoms with van der Waals surface area (Å²) in [5.41, 5.74) is 0.315. The number of hydrogen-bond acceptors (Lipinski definition) is 4. The van der Waals surface area contributed by atoms with Gasteiger partial charge >= 0.3 is 5.97 Å². The van der Waals surface area contributed by atoms with Crippen LogP contribution in [0.25, 0.3) is 0 Å². The van der Waals surface area contributed by atoms with Crippen molar-refractivity contribution in [3.63, 3.8) is 0 Å². The highest BCUT2D eigenvalue weighted by atomic mass is 16.5. The Morgan fingerprint density at radius 2 is 2.06 bits per heavy atom. The summed E-state index contributed by atoms with van der Waals surface area (Å²) in [6.45, 7) is 1.62. The minimum absolute atomic E-state index is 0.315. The van der Waals surface area contributed by atoms with E-state index in [1.807, 2.05) is 0 Å². The van der Waals surface area contributed by atoms with Gasteiger partial charge in [0.1, 0.15) is 17.1 Å². The maximum absolute atomic E-state index is 11.8. The third-order valence-electron chi connectivity index (χ3n) is 2.15. The highest BCUT2D eigenvalue weighted by Gasteiger charge is 2.16. The van der Waals surface area contributed by atoms with E-state index in [-0.39, 0.29) is 0 Å². The van der Waals surface area contributed by atoms with Gasteiger partial charge in [-0.25, -0.2) is 4.79 Å². The Bertz CT molecular complexity index is 445. The van der Waals surface area contributed by atoms with Gasteiger partial charge in [-0.3, -0.25) is 0 Å². The van der Waals surface area contributed by atoms with Gasteiger partial charge in [0.2, 0.25) is 0 Å². The molecular weight excluding hydrogens is 220 g/mol. The molecule has 0 heterocycles. The second kappa shape index (κ2) is 5.80. The standard InChI is InChI=1S/C13H14O4/c1-5-9(2)17-13(14)11-7-6-10(15-3)8-12(11)16-4/h1,6-9H,2-4H3/t9-/m0/s1. The molecule has 17 heavy (non-hydrogen) atoms. The minimum Gasteiger partial charge on any atom is -0.497 e. The Morgan fingerprint density at radius 3 is 2.59 bits per heavy atom. The van der Waals surface area contributed by atoms with Crippen LogP contribution < -0.4 is 9.47 Å². The third kappa shape index (κ3) is 3.15. The van der Waals surface area contributed by atoms with Gasteiger partial charge in [-0.05, 0) is 19.1 Å². The van der Waals surface area contributed by atoms with E-state index in [2.05, 4.69) is 5.92 Å². The molecule has 90 valence electrons. The van der Waals surface area contributed by atoms with Gasteiger partial charge in [0.05, 0.1) is 14.2 Å². The summed E-state index contributed by atoms with van der Waals surface area (Å²) in [7, 11) is 3.00. The molecule has 0 radical (unpaired) electrons. The molecule has 0 aromatic heterocycles. The van der Waals surface area contributed by atoms with Crippen LogP contribution in [0.3, 0.4) is 0 Å². The average molecular weight is 234 g/mol. The van der Waals surface area contributed by atoms with E-state index in [1.165, 1.54) is 14.2 Å². The van der Waals surface area contributed by atoms with Crippen molar-refractivity contribution in [2.45, 2.75) is 13.0 Å². The molecule has 0 fully saturated rings. The van der Waals surface area contributed by atoms with Gasteiger partial charge in [-0.1, -0.05) is 5.92 Å². The lowest BCUT2D eigenvalue weighted by Gasteiger charge is -2.11. The van der Waals surface area contributed by atoms with Crippen LogP contribution in [0.15, 0.2) is 18.2 Å². The first-order valence-corrected chi connectivity index (χ1v) is 5.01. The van der Waals surface area contributed by atoms with Crippen molar-refractivity contribution >= 4 is 5.97 Å². The molecule has 1 aromatic carbocycles. The van der Waals surface area contributed by atoms with Crippen LogP contribution in [0.1, 0.15) is 17.3 Å². The van der Waals surface area contributed by atoms with Crippen LogP contribution >= 0.6 is 0 Å². The summed E-state index contributed by atoms with van der Waals surface area (Å²) in [4.78, 5) is 11.8. The molecule has 0 aliphatic carbocycles. The van der Waals surface area contributed by atoms with E-state index in [0.29, 0.717) is 17.1 Å². The van der Waals surface area contributed by atoms with Crippen molar-refractivity contribution in [3.8, 4) is 23.8 Å². The molecule has 0 aliphatic rings. The topological polar surface area (TPSA) is 44.8 Å². The predicted molar refractivity (Wildman–Crippen MR) is 63.3 cm³/mol. The first kappa shape index (κ1) is 12.9. The van der Waals surface area contributed by atoms with E-state index in [9.17, 15) is 4.79 Å². The maximum atomic E-state index is 11.8. The zero-order chi connectivity index (χ0) is 12.8. The number of carbonyl (C=O) groups is 1. The molecule has 1 rings (SSSR count). The van der Waals surface area contributed by atoms with E-state index in [0.717, 1.165) is 0 Å². The molecule has 1 atom stereocenters. The molecule has 0 amide bonds. The number of benzene rings is 1. The van der Waals surface area contributed by atoms with Crippen molar-refractivity contribution in [2.24, 2.45) is 0 Å². The Balaban J connectivity index is 2.97. The molecule has 1 aromatic rings. The minimum atomic E-state index is -0.575. The summed E-state index contributed by atoms with van der Waals surface area (Å²) >= 11 is 0. The predicted octanol–water partition coefficient (Wildman–Crippen LogP) is 1.88. The lowest BCUT2D eigenvalue weighted by molar-refractivity contribution is 0.0435. The molecule has 0 saturated carbocycles. The van der Waals surface area contributed by atoms with Crippen molar-refractivity contribution in [2.75, 3.05) is 14.2 Å². The molecule has 0 unspecified atom stereocenters. The molecule has 4 heteroatoms. The molecule has 4 nitrogen and oxygen atoms in total. The Morgan fingerprint density at radius 1 is 1.35 bits per heavy atom. The summed E-state index contributed by atoms with van der Waals surface area (Å²) in [6.07, 6.45) is 4.56.